The minimum atomic E-state index is -3.93. The highest BCUT2D eigenvalue weighted by atomic mass is 32.2. The summed E-state index contributed by atoms with van der Waals surface area (Å²) in [7, 11) is -3.93. The van der Waals surface area contributed by atoms with Crippen molar-refractivity contribution in [3.63, 3.8) is 0 Å². The van der Waals surface area contributed by atoms with Gasteiger partial charge in [-0.1, -0.05) is 48.0 Å². The topological polar surface area (TPSA) is 97.6 Å². The highest BCUT2D eigenvalue weighted by Crippen LogP contribution is 2.38. The smallest absolute Gasteiger partial charge is 0.410 e. The Morgan fingerprint density at radius 2 is 1.69 bits per heavy atom. The van der Waals surface area contributed by atoms with Crippen molar-refractivity contribution in [2.45, 2.75) is 51.2 Å². The second kappa shape index (κ2) is 10.00. The molecule has 1 aliphatic heterocycles. The molecular formula is C29H33N5O4S. The van der Waals surface area contributed by atoms with Gasteiger partial charge in [0.1, 0.15) is 17.7 Å². The molecule has 0 aliphatic carbocycles. The lowest BCUT2D eigenvalue weighted by molar-refractivity contribution is 0.0218. The average Bonchev–Trinajstić information content (AvgIpc) is 3.29. The SMILES string of the molecule is Cc1ccc(S(=O)(=O)n2cc(-c3ccccc3)c3c(N4CCN(C(=O)OC(C)(C)C)C[C@@H]4C)ncnc32)cc1. The van der Waals surface area contributed by atoms with Gasteiger partial charge in [0.2, 0.25) is 0 Å². The van der Waals surface area contributed by atoms with Gasteiger partial charge in [-0.3, -0.25) is 0 Å². The van der Waals surface area contributed by atoms with Crippen LogP contribution in [0, 0.1) is 6.92 Å². The summed E-state index contributed by atoms with van der Waals surface area (Å²) in [5.74, 6) is 0.632. The lowest BCUT2D eigenvalue weighted by atomic mass is 10.1. The van der Waals surface area contributed by atoms with Gasteiger partial charge in [-0.05, 0) is 52.3 Å². The number of rotatable bonds is 4. The van der Waals surface area contributed by atoms with Crippen LogP contribution in [0.15, 0.2) is 72.0 Å². The van der Waals surface area contributed by atoms with Crippen LogP contribution in [0.5, 0.6) is 0 Å². The molecule has 4 aromatic rings. The van der Waals surface area contributed by atoms with Crippen LogP contribution < -0.4 is 4.90 Å². The maximum Gasteiger partial charge on any atom is 0.410 e. The van der Waals surface area contributed by atoms with Crippen LogP contribution in [0.3, 0.4) is 0 Å². The fourth-order valence-corrected chi connectivity index (χ4v) is 6.16. The van der Waals surface area contributed by atoms with E-state index < -0.39 is 15.6 Å². The molecule has 5 rings (SSSR count). The summed E-state index contributed by atoms with van der Waals surface area (Å²) < 4.78 is 34.5. The Morgan fingerprint density at radius 3 is 2.33 bits per heavy atom. The van der Waals surface area contributed by atoms with E-state index in [9.17, 15) is 13.2 Å². The first-order valence-electron chi connectivity index (χ1n) is 12.9. The summed E-state index contributed by atoms with van der Waals surface area (Å²) in [6, 6.07) is 16.3. The second-order valence-corrected chi connectivity index (χ2v) is 12.7. The third kappa shape index (κ3) is 5.21. The van der Waals surface area contributed by atoms with E-state index in [0.717, 1.165) is 16.7 Å². The van der Waals surface area contributed by atoms with Gasteiger partial charge in [0.05, 0.1) is 10.3 Å². The van der Waals surface area contributed by atoms with Crippen molar-refractivity contribution in [1.29, 1.82) is 0 Å². The number of piperazine rings is 1. The van der Waals surface area contributed by atoms with E-state index in [1.165, 1.54) is 10.3 Å². The van der Waals surface area contributed by atoms with Crippen LogP contribution in [0.1, 0.15) is 33.3 Å². The Hall–Kier alpha value is -3.92. The minimum absolute atomic E-state index is 0.0925. The molecule has 0 unspecified atom stereocenters. The summed E-state index contributed by atoms with van der Waals surface area (Å²) in [6.45, 7) is 10.9. The van der Waals surface area contributed by atoms with Gasteiger partial charge >= 0.3 is 6.09 Å². The molecule has 3 heterocycles. The average molecular weight is 548 g/mol. The molecule has 0 spiro atoms. The van der Waals surface area contributed by atoms with E-state index in [1.54, 1.807) is 35.4 Å². The summed E-state index contributed by atoms with van der Waals surface area (Å²) >= 11 is 0. The van der Waals surface area contributed by atoms with Crippen LogP contribution in [-0.4, -0.2) is 64.6 Å². The number of aromatic nitrogens is 3. The largest absolute Gasteiger partial charge is 0.444 e. The van der Waals surface area contributed by atoms with Crippen molar-refractivity contribution in [2.75, 3.05) is 24.5 Å². The van der Waals surface area contributed by atoms with Gasteiger partial charge in [-0.15, -0.1) is 0 Å². The summed E-state index contributed by atoms with van der Waals surface area (Å²) in [4.78, 5) is 25.8. The van der Waals surface area contributed by atoms with Crippen molar-refractivity contribution >= 4 is 33.0 Å². The highest BCUT2D eigenvalue weighted by Gasteiger charge is 2.33. The Morgan fingerprint density at radius 1 is 1.00 bits per heavy atom. The Balaban J connectivity index is 1.61. The predicted molar refractivity (Wildman–Crippen MR) is 151 cm³/mol. The van der Waals surface area contributed by atoms with E-state index >= 15 is 0 Å². The van der Waals surface area contributed by atoms with Crippen molar-refractivity contribution in [1.82, 2.24) is 18.8 Å². The minimum Gasteiger partial charge on any atom is -0.444 e. The number of fused-ring (bicyclic) bond motifs is 1. The molecule has 10 heteroatoms. The highest BCUT2D eigenvalue weighted by molar-refractivity contribution is 7.90. The maximum absolute atomic E-state index is 13.8. The number of nitrogens with zero attached hydrogens (tertiary/aromatic N) is 5. The summed E-state index contributed by atoms with van der Waals surface area (Å²) in [5, 5.41) is 0.650. The lowest BCUT2D eigenvalue weighted by Gasteiger charge is -2.41. The molecule has 1 saturated heterocycles. The van der Waals surface area contributed by atoms with Crippen LogP contribution in [0.4, 0.5) is 10.6 Å². The molecule has 204 valence electrons. The standard InChI is InChI=1S/C29H33N5O4S/c1-20-11-13-23(14-12-20)39(36,37)34-18-24(22-9-7-6-8-10-22)25-26(30-19-31-27(25)34)33-16-15-32(17-21(33)2)28(35)38-29(3,4)5/h6-14,18-19,21H,15-17H2,1-5H3/t21-/m0/s1. The van der Waals surface area contributed by atoms with Crippen molar-refractivity contribution < 1.29 is 17.9 Å². The van der Waals surface area contributed by atoms with Crippen molar-refractivity contribution in [2.24, 2.45) is 0 Å². The molecule has 9 nitrogen and oxygen atoms in total. The summed E-state index contributed by atoms with van der Waals surface area (Å²) in [5.41, 5.74) is 2.28. The van der Waals surface area contributed by atoms with Gasteiger partial charge in [0, 0.05) is 37.4 Å². The number of anilines is 1. The molecule has 0 saturated carbocycles. The van der Waals surface area contributed by atoms with Crippen LogP contribution >= 0.6 is 0 Å². The number of benzene rings is 2. The van der Waals surface area contributed by atoms with E-state index in [4.69, 9.17) is 4.74 Å². The molecule has 1 aliphatic rings. The Kier molecular flexibility index (Phi) is 6.84. The van der Waals surface area contributed by atoms with E-state index in [0.29, 0.717) is 36.5 Å². The predicted octanol–water partition coefficient (Wildman–Crippen LogP) is 5.09. The third-order valence-corrected chi connectivity index (χ3v) is 8.41. The first kappa shape index (κ1) is 26.7. The monoisotopic (exact) mass is 547 g/mol. The molecule has 2 aromatic carbocycles. The second-order valence-electron chi connectivity index (χ2n) is 10.9. The fraction of sp³-hybridized carbons (Fsp3) is 0.345. The maximum atomic E-state index is 13.8. The zero-order chi connectivity index (χ0) is 27.9. The quantitative estimate of drug-likeness (QED) is 0.351. The number of amides is 1. The summed E-state index contributed by atoms with van der Waals surface area (Å²) in [6.07, 6.45) is 2.69. The van der Waals surface area contributed by atoms with E-state index in [1.807, 2.05) is 65.0 Å². The van der Waals surface area contributed by atoms with Gasteiger partial charge in [0.25, 0.3) is 10.0 Å². The fourth-order valence-electron chi connectivity index (χ4n) is 4.84. The molecular weight excluding hydrogens is 514 g/mol. The molecule has 0 bridgehead atoms. The van der Waals surface area contributed by atoms with E-state index in [-0.39, 0.29) is 17.0 Å². The van der Waals surface area contributed by atoms with Crippen molar-refractivity contribution in [3.8, 4) is 11.1 Å². The molecule has 1 amide bonds. The van der Waals surface area contributed by atoms with Gasteiger partial charge in [0.15, 0.2) is 5.65 Å². The number of hydrogen-bond acceptors (Lipinski definition) is 7. The number of hydrogen-bond donors (Lipinski definition) is 0. The normalized spacial score (nSPS) is 16.5. The Labute approximate surface area is 229 Å². The van der Waals surface area contributed by atoms with Crippen LogP contribution in [0.25, 0.3) is 22.2 Å². The lowest BCUT2D eigenvalue weighted by Crippen LogP contribution is -2.54. The molecule has 39 heavy (non-hydrogen) atoms. The number of carbonyl (C=O) groups is 1. The number of aryl methyl sites for hydroxylation is 1. The molecule has 1 fully saturated rings. The molecule has 0 N–H and O–H groups in total. The zero-order valence-corrected chi connectivity index (χ0v) is 23.6. The first-order valence-corrected chi connectivity index (χ1v) is 14.4. The molecule has 0 radical (unpaired) electrons. The van der Waals surface area contributed by atoms with Crippen molar-refractivity contribution in [3.05, 3.63) is 72.7 Å². The molecule has 1 atom stereocenters. The van der Waals surface area contributed by atoms with Crippen LogP contribution in [-0.2, 0) is 14.8 Å². The first-order chi connectivity index (χ1) is 18.5. The zero-order valence-electron chi connectivity index (χ0n) is 22.8. The van der Waals surface area contributed by atoms with Gasteiger partial charge in [-0.25, -0.2) is 27.2 Å². The third-order valence-electron chi connectivity index (χ3n) is 6.75. The van der Waals surface area contributed by atoms with Gasteiger partial charge in [-0.2, -0.15) is 0 Å². The molecule has 2 aromatic heterocycles. The van der Waals surface area contributed by atoms with E-state index in [2.05, 4.69) is 14.9 Å². The van der Waals surface area contributed by atoms with Gasteiger partial charge < -0.3 is 14.5 Å². The van der Waals surface area contributed by atoms with Crippen LogP contribution in [0.2, 0.25) is 0 Å². The number of ether oxygens (including phenoxy) is 1. The number of carbonyl (C=O) groups excluding carboxylic acids is 1. The Bertz CT molecular complexity index is 1610.